The number of thiophene rings is 1. The van der Waals surface area contributed by atoms with E-state index in [0.29, 0.717) is 16.3 Å². The summed E-state index contributed by atoms with van der Waals surface area (Å²) in [5.74, 6) is -0.216. The number of esters is 1. The molecule has 1 atom stereocenters. The zero-order valence-corrected chi connectivity index (χ0v) is 20.1. The second kappa shape index (κ2) is 9.57. The number of carbonyl (C=O) groups excluding carboxylic acids is 2. The number of rotatable bonds is 6. The van der Waals surface area contributed by atoms with Crippen LogP contribution < -0.4 is 10.1 Å². The second-order valence-electron chi connectivity index (χ2n) is 8.62. The molecular formula is C26H29NO4S. The van der Waals surface area contributed by atoms with Crippen molar-refractivity contribution in [3.05, 3.63) is 70.6 Å². The molecule has 0 aliphatic heterocycles. The average molecular weight is 452 g/mol. The van der Waals surface area contributed by atoms with Gasteiger partial charge in [-0.25, -0.2) is 4.79 Å². The second-order valence-corrected chi connectivity index (χ2v) is 9.84. The average Bonchev–Trinajstić information content (AvgIpc) is 3.08. The van der Waals surface area contributed by atoms with Gasteiger partial charge in [0, 0.05) is 10.4 Å². The molecular weight excluding hydrogens is 422 g/mol. The highest BCUT2D eigenvalue weighted by Crippen LogP contribution is 2.40. The molecule has 1 N–H and O–H groups in total. The van der Waals surface area contributed by atoms with Gasteiger partial charge in [-0.05, 0) is 42.5 Å². The van der Waals surface area contributed by atoms with E-state index in [1.54, 1.807) is 6.92 Å². The van der Waals surface area contributed by atoms with E-state index in [1.165, 1.54) is 24.0 Å². The van der Waals surface area contributed by atoms with Crippen LogP contribution in [-0.4, -0.2) is 25.1 Å². The highest BCUT2D eigenvalue weighted by molar-refractivity contribution is 7.17. The fraction of sp³-hybridized carbons (Fsp3) is 0.308. The van der Waals surface area contributed by atoms with E-state index in [-0.39, 0.29) is 11.3 Å². The Morgan fingerprint density at radius 3 is 2.19 bits per heavy atom. The summed E-state index contributed by atoms with van der Waals surface area (Å²) in [5.41, 5.74) is 3.25. The van der Waals surface area contributed by atoms with Crippen molar-refractivity contribution >= 4 is 28.2 Å². The molecule has 0 saturated heterocycles. The summed E-state index contributed by atoms with van der Waals surface area (Å²) in [5, 5.41) is 3.32. The van der Waals surface area contributed by atoms with Gasteiger partial charge in [-0.2, -0.15) is 0 Å². The van der Waals surface area contributed by atoms with Gasteiger partial charge in [-0.1, -0.05) is 63.2 Å². The van der Waals surface area contributed by atoms with Crippen LogP contribution in [0.1, 0.15) is 48.5 Å². The third-order valence-electron chi connectivity index (χ3n) is 5.18. The molecule has 0 fully saturated rings. The third-order valence-corrected chi connectivity index (χ3v) is 6.20. The van der Waals surface area contributed by atoms with Crippen LogP contribution in [0.4, 0.5) is 5.00 Å². The molecule has 3 rings (SSSR count). The van der Waals surface area contributed by atoms with Crippen LogP contribution in [0.25, 0.3) is 11.1 Å². The van der Waals surface area contributed by atoms with Crippen molar-refractivity contribution in [3.8, 4) is 16.9 Å². The zero-order valence-electron chi connectivity index (χ0n) is 19.3. The maximum atomic E-state index is 12.9. The van der Waals surface area contributed by atoms with Gasteiger partial charge < -0.3 is 14.8 Å². The van der Waals surface area contributed by atoms with Crippen LogP contribution in [0.2, 0.25) is 0 Å². The van der Waals surface area contributed by atoms with Crippen LogP contribution in [0.3, 0.4) is 0 Å². The molecule has 0 radical (unpaired) electrons. The fourth-order valence-electron chi connectivity index (χ4n) is 3.39. The van der Waals surface area contributed by atoms with E-state index in [9.17, 15) is 9.59 Å². The number of carbonyl (C=O) groups is 2. The van der Waals surface area contributed by atoms with Crippen molar-refractivity contribution in [2.24, 2.45) is 0 Å². The summed E-state index contributed by atoms with van der Waals surface area (Å²) in [6.45, 7) is 10.0. The lowest BCUT2D eigenvalue weighted by Gasteiger charge is -2.20. The van der Waals surface area contributed by atoms with E-state index in [1.807, 2.05) is 61.5 Å². The minimum absolute atomic E-state index is 0.0410. The minimum atomic E-state index is -0.747. The molecule has 0 aliphatic carbocycles. The van der Waals surface area contributed by atoms with Gasteiger partial charge in [0.05, 0.1) is 7.11 Å². The number of ether oxygens (including phenoxy) is 2. The van der Waals surface area contributed by atoms with E-state index >= 15 is 0 Å². The van der Waals surface area contributed by atoms with Crippen LogP contribution in [-0.2, 0) is 14.9 Å². The third kappa shape index (κ3) is 5.19. The van der Waals surface area contributed by atoms with Gasteiger partial charge in [0.15, 0.2) is 6.10 Å². The predicted molar refractivity (Wildman–Crippen MR) is 130 cm³/mol. The Morgan fingerprint density at radius 1 is 1.00 bits per heavy atom. The quantitative estimate of drug-likeness (QED) is 0.452. The normalized spacial score (nSPS) is 12.2. The number of anilines is 1. The summed E-state index contributed by atoms with van der Waals surface area (Å²) in [7, 11) is 1.34. The van der Waals surface area contributed by atoms with Crippen molar-refractivity contribution < 1.29 is 19.1 Å². The van der Waals surface area contributed by atoms with E-state index in [0.717, 1.165) is 16.0 Å². The predicted octanol–water partition coefficient (Wildman–Crippen LogP) is 6.21. The van der Waals surface area contributed by atoms with Gasteiger partial charge >= 0.3 is 5.97 Å². The lowest BCUT2D eigenvalue weighted by Crippen LogP contribution is -2.30. The molecule has 6 heteroatoms. The number of aryl methyl sites for hydroxylation is 1. The number of nitrogens with one attached hydrogen (secondary N) is 1. The van der Waals surface area contributed by atoms with E-state index < -0.39 is 12.1 Å². The molecule has 0 spiro atoms. The Hall–Kier alpha value is -3.12. The van der Waals surface area contributed by atoms with Crippen LogP contribution >= 0.6 is 11.3 Å². The highest BCUT2D eigenvalue weighted by Gasteiger charge is 2.26. The van der Waals surface area contributed by atoms with Gasteiger partial charge in [0.2, 0.25) is 0 Å². The topological polar surface area (TPSA) is 64.6 Å². The molecule has 0 aliphatic rings. The highest BCUT2D eigenvalue weighted by atomic mass is 32.1. The first-order valence-electron chi connectivity index (χ1n) is 10.5. The molecule has 168 valence electrons. The SMILES string of the molecule is COC(=O)c1c(NC(=O)C(C)Oc2ccc(C(C)(C)C)cc2)sc(C)c1-c1ccccc1. The Kier molecular flexibility index (Phi) is 7.04. The van der Waals surface area contributed by atoms with Gasteiger partial charge in [0.1, 0.15) is 16.3 Å². The smallest absolute Gasteiger partial charge is 0.341 e. The molecule has 0 bridgehead atoms. The molecule has 2 aromatic carbocycles. The number of methoxy groups -OCH3 is 1. The molecule has 1 heterocycles. The molecule has 3 aromatic rings. The Labute approximate surface area is 193 Å². The van der Waals surface area contributed by atoms with Crippen LogP contribution in [0.15, 0.2) is 54.6 Å². The lowest BCUT2D eigenvalue weighted by molar-refractivity contribution is -0.122. The van der Waals surface area contributed by atoms with Crippen molar-refractivity contribution in [2.75, 3.05) is 12.4 Å². The number of amides is 1. The first kappa shape index (κ1) is 23.5. The maximum Gasteiger partial charge on any atom is 0.341 e. The van der Waals surface area contributed by atoms with Gasteiger partial charge in [0.25, 0.3) is 5.91 Å². The fourth-order valence-corrected chi connectivity index (χ4v) is 4.45. The van der Waals surface area contributed by atoms with E-state index in [2.05, 4.69) is 26.1 Å². The summed E-state index contributed by atoms with van der Waals surface area (Å²) in [4.78, 5) is 26.4. The zero-order chi connectivity index (χ0) is 23.5. The number of hydrogen-bond donors (Lipinski definition) is 1. The van der Waals surface area contributed by atoms with Crippen LogP contribution in [0, 0.1) is 6.92 Å². The minimum Gasteiger partial charge on any atom is -0.481 e. The Morgan fingerprint density at radius 2 is 1.62 bits per heavy atom. The maximum absolute atomic E-state index is 12.9. The van der Waals surface area contributed by atoms with E-state index in [4.69, 9.17) is 9.47 Å². The molecule has 1 amide bonds. The monoisotopic (exact) mass is 451 g/mol. The number of benzene rings is 2. The summed E-state index contributed by atoms with van der Waals surface area (Å²) in [6, 6.07) is 17.3. The van der Waals surface area contributed by atoms with Crippen LogP contribution in [0.5, 0.6) is 5.75 Å². The Bertz CT molecular complexity index is 1100. The largest absolute Gasteiger partial charge is 0.481 e. The van der Waals surface area contributed by atoms with Crippen molar-refractivity contribution in [1.82, 2.24) is 0 Å². The molecule has 0 saturated carbocycles. The first-order valence-corrected chi connectivity index (χ1v) is 11.3. The summed E-state index contributed by atoms with van der Waals surface area (Å²) in [6.07, 6.45) is -0.747. The van der Waals surface area contributed by atoms with Gasteiger partial charge in [-0.15, -0.1) is 11.3 Å². The van der Waals surface area contributed by atoms with Crippen molar-refractivity contribution in [1.29, 1.82) is 0 Å². The van der Waals surface area contributed by atoms with Gasteiger partial charge in [-0.3, -0.25) is 4.79 Å². The number of hydrogen-bond acceptors (Lipinski definition) is 5. The molecule has 1 unspecified atom stereocenters. The summed E-state index contributed by atoms with van der Waals surface area (Å²) < 4.78 is 10.9. The molecule has 1 aromatic heterocycles. The Balaban J connectivity index is 1.82. The molecule has 32 heavy (non-hydrogen) atoms. The standard InChI is InChI=1S/C26H29NO4S/c1-16(31-20-14-12-19(13-15-20)26(3,4)5)23(28)27-24-22(25(29)30-6)21(17(2)32-24)18-10-8-7-9-11-18/h7-16H,1-6H3,(H,27,28). The lowest BCUT2D eigenvalue weighted by atomic mass is 9.87. The van der Waals surface area contributed by atoms with Crippen molar-refractivity contribution in [3.63, 3.8) is 0 Å². The summed E-state index contributed by atoms with van der Waals surface area (Å²) >= 11 is 1.35. The van der Waals surface area contributed by atoms with Crippen molar-refractivity contribution in [2.45, 2.75) is 46.1 Å². The first-order chi connectivity index (χ1) is 15.1. The molecule has 5 nitrogen and oxygen atoms in total.